The van der Waals surface area contributed by atoms with Crippen LogP contribution < -0.4 is 0 Å². The van der Waals surface area contributed by atoms with Crippen molar-refractivity contribution in [2.75, 3.05) is 13.1 Å². The Morgan fingerprint density at radius 1 is 0.941 bits per heavy atom. The van der Waals surface area contributed by atoms with Gasteiger partial charge in [0.25, 0.3) is 0 Å². The van der Waals surface area contributed by atoms with Gasteiger partial charge in [-0.05, 0) is 25.3 Å². The zero-order chi connectivity index (χ0) is 13.3. The van der Waals surface area contributed by atoms with Crippen LogP contribution in [0, 0.1) is 5.92 Å². The molecule has 0 amide bonds. The van der Waals surface area contributed by atoms with Crippen molar-refractivity contribution in [3.63, 3.8) is 0 Å². The van der Waals surface area contributed by atoms with Crippen LogP contribution >= 0.6 is 0 Å². The molecule has 0 aromatic rings. The molecule has 0 aliphatic heterocycles. The molecule has 0 aromatic carbocycles. The summed E-state index contributed by atoms with van der Waals surface area (Å²) >= 11 is 0. The highest BCUT2D eigenvalue weighted by atomic mass is 16.3. The fourth-order valence-electron chi connectivity index (χ4n) is 2.64. The highest BCUT2D eigenvalue weighted by molar-refractivity contribution is 4.78. The van der Waals surface area contributed by atoms with E-state index in [1.807, 2.05) is 0 Å². The average Bonchev–Trinajstić information content (AvgIpc) is 2.34. The van der Waals surface area contributed by atoms with Crippen molar-refractivity contribution in [2.24, 2.45) is 5.92 Å². The zero-order valence-corrected chi connectivity index (χ0v) is 12.6. The molecule has 2 unspecified atom stereocenters. The second-order valence-corrected chi connectivity index (χ2v) is 5.10. The van der Waals surface area contributed by atoms with E-state index in [4.69, 9.17) is 0 Å². The lowest BCUT2D eigenvalue weighted by atomic mass is 9.98. The molecule has 0 saturated carbocycles. The van der Waals surface area contributed by atoms with Crippen molar-refractivity contribution >= 4 is 0 Å². The first kappa shape index (κ1) is 16.9. The first-order valence-corrected chi connectivity index (χ1v) is 7.56. The summed E-state index contributed by atoms with van der Waals surface area (Å²) in [5.74, 6) is 0.776. The molecule has 0 rings (SSSR count). The number of aliphatic hydroxyl groups excluding tert-OH is 1. The summed E-state index contributed by atoms with van der Waals surface area (Å²) in [5.41, 5.74) is 0. The van der Waals surface area contributed by atoms with Gasteiger partial charge in [-0.25, -0.2) is 0 Å². The highest BCUT2D eigenvalue weighted by Crippen LogP contribution is 2.17. The molecule has 2 heteroatoms. The van der Waals surface area contributed by atoms with Crippen molar-refractivity contribution in [1.29, 1.82) is 0 Å². The SMILES string of the molecule is CCCC(O)C(CC)N(CC)CC(CC)CC. The second-order valence-electron chi connectivity index (χ2n) is 5.10. The Bertz CT molecular complexity index is 168. The Balaban J connectivity index is 4.46. The van der Waals surface area contributed by atoms with E-state index in [1.54, 1.807) is 0 Å². The van der Waals surface area contributed by atoms with Crippen molar-refractivity contribution in [1.82, 2.24) is 4.90 Å². The highest BCUT2D eigenvalue weighted by Gasteiger charge is 2.24. The molecular formula is C15H33NO. The molecule has 0 spiro atoms. The molecule has 0 radical (unpaired) electrons. The molecule has 0 aliphatic carbocycles. The minimum atomic E-state index is -0.153. The predicted octanol–water partition coefficient (Wildman–Crippen LogP) is 3.68. The summed E-state index contributed by atoms with van der Waals surface area (Å²) in [4.78, 5) is 2.48. The minimum Gasteiger partial charge on any atom is -0.391 e. The third kappa shape index (κ3) is 5.87. The number of rotatable bonds is 10. The van der Waals surface area contributed by atoms with Gasteiger partial charge in [-0.2, -0.15) is 0 Å². The maximum atomic E-state index is 10.2. The topological polar surface area (TPSA) is 23.5 Å². The van der Waals surface area contributed by atoms with Crippen LogP contribution in [0.1, 0.15) is 66.7 Å². The van der Waals surface area contributed by atoms with Gasteiger partial charge in [0.1, 0.15) is 0 Å². The maximum absolute atomic E-state index is 10.2. The van der Waals surface area contributed by atoms with Gasteiger partial charge in [0.2, 0.25) is 0 Å². The molecule has 0 heterocycles. The van der Waals surface area contributed by atoms with Crippen LogP contribution in [0.15, 0.2) is 0 Å². The number of hydrogen-bond acceptors (Lipinski definition) is 2. The van der Waals surface area contributed by atoms with Crippen LogP contribution in [-0.4, -0.2) is 35.2 Å². The van der Waals surface area contributed by atoms with Crippen molar-refractivity contribution in [2.45, 2.75) is 78.9 Å². The Kier molecular flexibility index (Phi) is 9.85. The number of aliphatic hydroxyl groups is 1. The van der Waals surface area contributed by atoms with Gasteiger partial charge < -0.3 is 5.11 Å². The quantitative estimate of drug-likeness (QED) is 0.632. The largest absolute Gasteiger partial charge is 0.391 e. The predicted molar refractivity (Wildman–Crippen MR) is 76.3 cm³/mol. The van der Waals surface area contributed by atoms with E-state index in [2.05, 4.69) is 39.5 Å². The van der Waals surface area contributed by atoms with Gasteiger partial charge in [-0.15, -0.1) is 0 Å². The van der Waals surface area contributed by atoms with Gasteiger partial charge in [-0.1, -0.05) is 53.9 Å². The van der Waals surface area contributed by atoms with Gasteiger partial charge in [0.05, 0.1) is 6.10 Å². The molecule has 104 valence electrons. The Morgan fingerprint density at radius 2 is 1.53 bits per heavy atom. The average molecular weight is 243 g/mol. The van der Waals surface area contributed by atoms with Gasteiger partial charge >= 0.3 is 0 Å². The fourth-order valence-corrected chi connectivity index (χ4v) is 2.64. The monoisotopic (exact) mass is 243 g/mol. The van der Waals surface area contributed by atoms with Crippen LogP contribution in [0.25, 0.3) is 0 Å². The first-order valence-electron chi connectivity index (χ1n) is 7.56. The summed E-state index contributed by atoms with van der Waals surface area (Å²) in [6.45, 7) is 13.3. The number of nitrogens with zero attached hydrogens (tertiary/aromatic N) is 1. The summed E-state index contributed by atoms with van der Waals surface area (Å²) in [6, 6.07) is 0.348. The summed E-state index contributed by atoms with van der Waals surface area (Å²) < 4.78 is 0. The van der Waals surface area contributed by atoms with Crippen molar-refractivity contribution in [3.8, 4) is 0 Å². The lowest BCUT2D eigenvalue weighted by Crippen LogP contribution is -2.45. The van der Waals surface area contributed by atoms with E-state index in [0.717, 1.165) is 38.3 Å². The number of likely N-dealkylation sites (N-methyl/N-ethyl adjacent to an activating group) is 1. The fraction of sp³-hybridized carbons (Fsp3) is 1.00. The molecule has 0 saturated heterocycles. The molecule has 2 nitrogen and oxygen atoms in total. The van der Waals surface area contributed by atoms with Crippen LogP contribution in [-0.2, 0) is 0 Å². The molecule has 0 bridgehead atoms. The normalized spacial score (nSPS) is 15.5. The van der Waals surface area contributed by atoms with Gasteiger partial charge in [-0.3, -0.25) is 4.90 Å². The van der Waals surface area contributed by atoms with Crippen LogP contribution in [0.4, 0.5) is 0 Å². The van der Waals surface area contributed by atoms with Gasteiger partial charge in [0, 0.05) is 12.6 Å². The Morgan fingerprint density at radius 3 is 1.88 bits per heavy atom. The van der Waals surface area contributed by atoms with E-state index in [1.165, 1.54) is 12.8 Å². The molecule has 0 fully saturated rings. The molecular weight excluding hydrogens is 210 g/mol. The summed E-state index contributed by atoms with van der Waals surface area (Å²) in [7, 11) is 0. The molecule has 0 aliphatic rings. The van der Waals surface area contributed by atoms with E-state index in [-0.39, 0.29) is 6.10 Å². The van der Waals surface area contributed by atoms with Crippen LogP contribution in [0.3, 0.4) is 0 Å². The van der Waals surface area contributed by atoms with Crippen molar-refractivity contribution in [3.05, 3.63) is 0 Å². The minimum absolute atomic E-state index is 0.153. The standard InChI is InChI=1S/C15H33NO/c1-6-11-15(17)14(9-4)16(10-5)12-13(7-2)8-3/h13-15,17H,6-12H2,1-5H3. The van der Waals surface area contributed by atoms with E-state index >= 15 is 0 Å². The number of hydrogen-bond donors (Lipinski definition) is 1. The molecule has 17 heavy (non-hydrogen) atoms. The van der Waals surface area contributed by atoms with Crippen LogP contribution in [0.5, 0.6) is 0 Å². The Hall–Kier alpha value is -0.0800. The summed E-state index contributed by atoms with van der Waals surface area (Å²) in [5, 5.41) is 10.2. The zero-order valence-electron chi connectivity index (χ0n) is 12.6. The van der Waals surface area contributed by atoms with Crippen LogP contribution in [0.2, 0.25) is 0 Å². The first-order chi connectivity index (χ1) is 8.14. The molecule has 1 N–H and O–H groups in total. The van der Waals surface area contributed by atoms with Gasteiger partial charge in [0.15, 0.2) is 0 Å². The van der Waals surface area contributed by atoms with Crippen molar-refractivity contribution < 1.29 is 5.11 Å². The summed E-state index contributed by atoms with van der Waals surface area (Å²) in [6.07, 6.45) is 5.38. The third-order valence-electron chi connectivity index (χ3n) is 3.97. The smallest absolute Gasteiger partial charge is 0.0695 e. The third-order valence-corrected chi connectivity index (χ3v) is 3.97. The van der Waals surface area contributed by atoms with E-state index in [0.29, 0.717) is 6.04 Å². The molecule has 0 aromatic heterocycles. The lowest BCUT2D eigenvalue weighted by molar-refractivity contribution is 0.0343. The van der Waals surface area contributed by atoms with E-state index < -0.39 is 0 Å². The lowest BCUT2D eigenvalue weighted by Gasteiger charge is -2.35. The maximum Gasteiger partial charge on any atom is 0.0695 e. The molecule has 2 atom stereocenters. The second kappa shape index (κ2) is 9.90. The van der Waals surface area contributed by atoms with E-state index in [9.17, 15) is 5.11 Å². The Labute approximate surface area is 108 Å².